The summed E-state index contributed by atoms with van der Waals surface area (Å²) in [6, 6.07) is 0. The molecule has 0 aliphatic rings. The van der Waals surface area contributed by atoms with Crippen LogP contribution >= 0.6 is 0 Å². The van der Waals surface area contributed by atoms with Crippen molar-refractivity contribution >= 4 is 17.1 Å². The predicted molar refractivity (Wildman–Crippen MR) is 71.9 cm³/mol. The van der Waals surface area contributed by atoms with Gasteiger partial charge in [-0.2, -0.15) is 4.98 Å². The second kappa shape index (κ2) is 5.64. The van der Waals surface area contributed by atoms with Crippen LogP contribution in [0.5, 0.6) is 0 Å². The monoisotopic (exact) mass is 303 g/mol. The van der Waals surface area contributed by atoms with E-state index in [4.69, 9.17) is 5.11 Å². The van der Waals surface area contributed by atoms with Crippen LogP contribution in [0.1, 0.15) is 0 Å². The molecule has 0 unspecified atom stereocenters. The Hall–Kier alpha value is -2.23. The van der Waals surface area contributed by atoms with Gasteiger partial charge >= 0.3 is 5.69 Å². The number of aromatic amines is 1. The summed E-state index contributed by atoms with van der Waals surface area (Å²) < 4.78 is 27.1. The van der Waals surface area contributed by atoms with E-state index in [0.29, 0.717) is 0 Å². The predicted octanol–water partition coefficient (Wildman–Crippen LogP) is -0.976. The summed E-state index contributed by atoms with van der Waals surface area (Å²) in [6.07, 6.45) is -2.63. The Bertz CT molecular complexity index is 764. The minimum atomic E-state index is -2.63. The van der Waals surface area contributed by atoms with Crippen LogP contribution in [-0.4, -0.2) is 50.3 Å². The molecule has 10 heteroatoms. The second-order valence-corrected chi connectivity index (χ2v) is 4.53. The molecule has 8 nitrogen and oxygen atoms in total. The number of H-pyrrole nitrogens is 1. The fourth-order valence-electron chi connectivity index (χ4n) is 2.03. The van der Waals surface area contributed by atoms with Crippen molar-refractivity contribution in [3.8, 4) is 0 Å². The number of nitrogens with zero attached hydrogens (tertiary/aromatic N) is 4. The zero-order valence-corrected chi connectivity index (χ0v) is 11.5. The second-order valence-electron chi connectivity index (χ2n) is 4.53. The molecule has 0 aliphatic heterocycles. The van der Waals surface area contributed by atoms with Crippen LogP contribution in [0, 0.1) is 0 Å². The van der Waals surface area contributed by atoms with E-state index in [-0.39, 0.29) is 30.3 Å². The first-order valence-corrected chi connectivity index (χ1v) is 6.16. The fraction of sp³-hybridized carbons (Fsp3) is 0.545. The maximum absolute atomic E-state index is 12.6. The molecule has 0 bridgehead atoms. The summed E-state index contributed by atoms with van der Waals surface area (Å²) >= 11 is 0. The highest BCUT2D eigenvalue weighted by Crippen LogP contribution is 2.14. The summed E-state index contributed by atoms with van der Waals surface area (Å²) in [4.78, 5) is 31.5. The number of aliphatic hydroxyl groups excluding tert-OH is 1. The molecule has 0 radical (unpaired) electrons. The number of anilines is 1. The summed E-state index contributed by atoms with van der Waals surface area (Å²) in [5, 5.41) is 8.93. The Labute approximate surface area is 117 Å². The number of halogens is 2. The fourth-order valence-corrected chi connectivity index (χ4v) is 2.03. The van der Waals surface area contributed by atoms with Crippen LogP contribution in [0.2, 0.25) is 0 Å². The molecule has 0 spiro atoms. The van der Waals surface area contributed by atoms with Crippen molar-refractivity contribution in [2.24, 2.45) is 14.1 Å². The molecule has 0 aliphatic carbocycles. The highest BCUT2D eigenvalue weighted by molar-refractivity contribution is 5.72. The van der Waals surface area contributed by atoms with E-state index in [1.54, 1.807) is 0 Å². The van der Waals surface area contributed by atoms with E-state index in [1.165, 1.54) is 14.1 Å². The van der Waals surface area contributed by atoms with Gasteiger partial charge in [-0.15, -0.1) is 0 Å². The lowest BCUT2D eigenvalue weighted by molar-refractivity contribution is 0.152. The number of nitrogens with one attached hydrogen (secondary N) is 1. The molecular formula is C11H15F2N5O3. The van der Waals surface area contributed by atoms with Crippen LogP contribution in [0.4, 0.5) is 14.7 Å². The van der Waals surface area contributed by atoms with Crippen LogP contribution in [0.3, 0.4) is 0 Å². The van der Waals surface area contributed by atoms with Gasteiger partial charge in [-0.1, -0.05) is 0 Å². The minimum absolute atomic E-state index is 0.0117. The average Bonchev–Trinajstić information content (AvgIpc) is 2.87. The van der Waals surface area contributed by atoms with E-state index >= 15 is 0 Å². The number of imidazole rings is 1. The maximum Gasteiger partial charge on any atom is 0.332 e. The highest BCUT2D eigenvalue weighted by Gasteiger charge is 2.19. The number of alkyl halides is 2. The molecule has 0 saturated heterocycles. The summed E-state index contributed by atoms with van der Waals surface area (Å²) in [5.41, 5.74) is -1.02. The standard InChI is InChI=1S/C11H15F2N5O3/c1-16-8-7(9(20)17(2)11(16)21)14-10(15-8)18(3-4-19)5-6(12)13/h6,19H,3-5H2,1-2H3,(H,14,15). The molecule has 21 heavy (non-hydrogen) atoms. The molecule has 0 atom stereocenters. The highest BCUT2D eigenvalue weighted by atomic mass is 19.3. The maximum atomic E-state index is 12.6. The van der Waals surface area contributed by atoms with Gasteiger partial charge in [0.2, 0.25) is 5.95 Å². The topological polar surface area (TPSA) is 96.2 Å². The number of rotatable bonds is 5. The van der Waals surface area contributed by atoms with Crippen molar-refractivity contribution in [1.82, 2.24) is 19.1 Å². The van der Waals surface area contributed by atoms with E-state index in [1.807, 2.05) is 0 Å². The van der Waals surface area contributed by atoms with Gasteiger partial charge in [-0.05, 0) is 0 Å². The van der Waals surface area contributed by atoms with Crippen LogP contribution in [-0.2, 0) is 14.1 Å². The molecule has 2 N–H and O–H groups in total. The van der Waals surface area contributed by atoms with Crippen molar-refractivity contribution in [3.05, 3.63) is 20.8 Å². The smallest absolute Gasteiger partial charge is 0.332 e. The lowest BCUT2D eigenvalue weighted by atomic mass is 10.5. The first kappa shape index (κ1) is 15.2. The van der Waals surface area contributed by atoms with Crippen molar-refractivity contribution in [1.29, 1.82) is 0 Å². The van der Waals surface area contributed by atoms with E-state index < -0.39 is 24.2 Å². The Morgan fingerprint density at radius 1 is 1.33 bits per heavy atom. The van der Waals surface area contributed by atoms with E-state index in [0.717, 1.165) is 14.0 Å². The third-order valence-corrected chi connectivity index (χ3v) is 3.11. The van der Waals surface area contributed by atoms with Crippen molar-refractivity contribution in [3.63, 3.8) is 0 Å². The Balaban J connectivity index is 2.61. The van der Waals surface area contributed by atoms with Gasteiger partial charge in [0.25, 0.3) is 12.0 Å². The molecule has 0 saturated carbocycles. The summed E-state index contributed by atoms with van der Waals surface area (Å²) in [7, 11) is 2.74. The van der Waals surface area contributed by atoms with Gasteiger partial charge in [0.15, 0.2) is 11.2 Å². The lowest BCUT2D eigenvalue weighted by Crippen LogP contribution is -2.36. The molecular weight excluding hydrogens is 288 g/mol. The normalized spacial score (nSPS) is 11.5. The molecule has 2 aromatic rings. The quantitative estimate of drug-likeness (QED) is 0.740. The Morgan fingerprint density at radius 2 is 2.00 bits per heavy atom. The number of aliphatic hydroxyl groups is 1. The van der Waals surface area contributed by atoms with Gasteiger partial charge < -0.3 is 15.0 Å². The Kier molecular flexibility index (Phi) is 4.07. The summed E-state index contributed by atoms with van der Waals surface area (Å²) in [6.45, 7) is -1.06. The largest absolute Gasteiger partial charge is 0.395 e. The van der Waals surface area contributed by atoms with Crippen LogP contribution in [0.15, 0.2) is 9.59 Å². The Morgan fingerprint density at radius 3 is 2.57 bits per heavy atom. The van der Waals surface area contributed by atoms with Crippen LogP contribution < -0.4 is 16.1 Å². The van der Waals surface area contributed by atoms with Gasteiger partial charge in [-0.25, -0.2) is 13.6 Å². The zero-order chi connectivity index (χ0) is 15.7. The van der Waals surface area contributed by atoms with E-state index in [9.17, 15) is 18.4 Å². The average molecular weight is 303 g/mol. The molecule has 2 aromatic heterocycles. The number of fused-ring (bicyclic) bond motifs is 1. The molecule has 2 rings (SSSR count). The van der Waals surface area contributed by atoms with Crippen LogP contribution in [0.25, 0.3) is 11.2 Å². The van der Waals surface area contributed by atoms with Crippen molar-refractivity contribution < 1.29 is 13.9 Å². The zero-order valence-electron chi connectivity index (χ0n) is 11.5. The number of hydrogen-bond donors (Lipinski definition) is 2. The minimum Gasteiger partial charge on any atom is -0.395 e. The third kappa shape index (κ3) is 2.66. The first-order chi connectivity index (χ1) is 9.86. The number of aryl methyl sites for hydroxylation is 1. The van der Waals surface area contributed by atoms with Gasteiger partial charge in [0, 0.05) is 20.6 Å². The molecule has 2 heterocycles. The van der Waals surface area contributed by atoms with Crippen molar-refractivity contribution in [2.75, 3.05) is 24.6 Å². The van der Waals surface area contributed by atoms with E-state index in [2.05, 4.69) is 9.97 Å². The molecule has 0 fully saturated rings. The molecule has 116 valence electrons. The third-order valence-electron chi connectivity index (χ3n) is 3.11. The number of hydrogen-bond acceptors (Lipinski definition) is 5. The lowest BCUT2D eigenvalue weighted by Gasteiger charge is -2.19. The van der Waals surface area contributed by atoms with Gasteiger partial charge in [0.05, 0.1) is 13.2 Å². The van der Waals surface area contributed by atoms with Gasteiger partial charge in [-0.3, -0.25) is 13.9 Å². The number of aromatic nitrogens is 4. The SMILES string of the molecule is Cn1c(=O)c2[nH]c(N(CCO)CC(F)F)nc2n(C)c1=O. The molecule has 0 amide bonds. The molecule has 0 aromatic carbocycles. The van der Waals surface area contributed by atoms with Crippen molar-refractivity contribution in [2.45, 2.75) is 6.43 Å². The van der Waals surface area contributed by atoms with Gasteiger partial charge in [0.1, 0.15) is 0 Å². The summed E-state index contributed by atoms with van der Waals surface area (Å²) in [5.74, 6) is 0.0117. The first-order valence-electron chi connectivity index (χ1n) is 6.16.